The number of nitrogens with two attached hydrogens (primary N) is 1. The maximum Gasteiger partial charge on any atom is 0.0992 e. The summed E-state index contributed by atoms with van der Waals surface area (Å²) in [7, 11) is 0. The van der Waals surface area contributed by atoms with E-state index in [1.165, 1.54) is 0 Å². The minimum absolute atomic E-state index is 0.130. The first-order valence-electron chi connectivity index (χ1n) is 6.59. The van der Waals surface area contributed by atoms with Crippen molar-refractivity contribution in [1.29, 1.82) is 0 Å². The molecule has 0 heterocycles. The summed E-state index contributed by atoms with van der Waals surface area (Å²) in [6.45, 7) is 2.47. The number of aliphatic hydroxyl groups is 1. The number of hydrogen-bond donors (Lipinski definition) is 3. The smallest absolute Gasteiger partial charge is 0.0992 e. The summed E-state index contributed by atoms with van der Waals surface area (Å²) < 4.78 is 0. The van der Waals surface area contributed by atoms with Crippen molar-refractivity contribution in [2.24, 2.45) is 0 Å². The van der Waals surface area contributed by atoms with Crippen LogP contribution in [0.2, 0.25) is 0 Å². The Kier molecular flexibility index (Phi) is 7.54. The van der Waals surface area contributed by atoms with Gasteiger partial charge in [0.05, 0.1) is 17.0 Å². The third-order valence-electron chi connectivity index (χ3n) is 2.95. The normalized spacial score (nSPS) is 16.0. The maximum atomic E-state index is 10.0. The van der Waals surface area contributed by atoms with Gasteiger partial charge in [0, 0.05) is 12.2 Å². The van der Waals surface area contributed by atoms with Crippen molar-refractivity contribution in [2.75, 3.05) is 12.3 Å². The highest BCUT2D eigenvalue weighted by molar-refractivity contribution is 6.29. The fourth-order valence-electron chi connectivity index (χ4n) is 1.78. The molecule has 0 saturated heterocycles. The molecule has 108 valence electrons. The van der Waals surface area contributed by atoms with Crippen LogP contribution in [0.4, 0.5) is 5.69 Å². The largest absolute Gasteiger partial charge is 0.399 e. The van der Waals surface area contributed by atoms with Gasteiger partial charge in [0.25, 0.3) is 0 Å². The molecule has 3 nitrogen and oxygen atoms in total. The average molecular weight is 305 g/mol. The van der Waals surface area contributed by atoms with E-state index >= 15 is 0 Å². The second-order valence-electron chi connectivity index (χ2n) is 4.65. The highest BCUT2D eigenvalue weighted by atomic mass is 35.5. The Hall–Kier alpha value is -0.480. The van der Waals surface area contributed by atoms with Gasteiger partial charge in [-0.2, -0.15) is 0 Å². The highest BCUT2D eigenvalue weighted by Crippen LogP contribution is 2.18. The summed E-state index contributed by atoms with van der Waals surface area (Å²) in [5.41, 5.74) is 6.74. The van der Waals surface area contributed by atoms with Gasteiger partial charge in [0.2, 0.25) is 0 Å². The summed E-state index contributed by atoms with van der Waals surface area (Å²) in [6, 6.07) is 7.19. The zero-order chi connectivity index (χ0) is 14.3. The lowest BCUT2D eigenvalue weighted by atomic mass is 10.1. The molecule has 4 N–H and O–H groups in total. The van der Waals surface area contributed by atoms with Gasteiger partial charge in [-0.1, -0.05) is 31.9 Å². The van der Waals surface area contributed by atoms with Crippen LogP contribution in [0.25, 0.3) is 0 Å². The van der Waals surface area contributed by atoms with E-state index in [9.17, 15) is 5.11 Å². The summed E-state index contributed by atoms with van der Waals surface area (Å²) in [6.07, 6.45) is 2.38. The minimum atomic E-state index is -0.639. The molecule has 5 heteroatoms. The van der Waals surface area contributed by atoms with Gasteiger partial charge in [-0.05, 0) is 24.1 Å². The summed E-state index contributed by atoms with van der Waals surface area (Å²) >= 11 is 12.3. The number of nitrogen functional groups attached to an aromatic ring is 1. The SMILES string of the molecule is CCCCC(Cl)C(Cl)NCC(O)c1cccc(N)c1. The van der Waals surface area contributed by atoms with Crippen LogP contribution in [0.1, 0.15) is 37.9 Å². The second kappa shape index (κ2) is 8.64. The lowest BCUT2D eigenvalue weighted by molar-refractivity contribution is 0.173. The number of hydrogen-bond acceptors (Lipinski definition) is 3. The van der Waals surface area contributed by atoms with E-state index in [0.717, 1.165) is 24.8 Å². The topological polar surface area (TPSA) is 58.3 Å². The fraction of sp³-hybridized carbons (Fsp3) is 0.571. The molecule has 0 aromatic heterocycles. The molecule has 0 aliphatic heterocycles. The Bertz CT molecular complexity index is 376. The van der Waals surface area contributed by atoms with Crippen LogP contribution in [0.3, 0.4) is 0 Å². The monoisotopic (exact) mass is 304 g/mol. The van der Waals surface area contributed by atoms with Crippen LogP contribution in [-0.4, -0.2) is 22.5 Å². The average Bonchev–Trinajstić information content (AvgIpc) is 2.41. The predicted octanol–water partition coefficient (Wildman–Crippen LogP) is 3.25. The molecule has 1 rings (SSSR count). The minimum Gasteiger partial charge on any atom is -0.399 e. The number of nitrogens with one attached hydrogen (secondary N) is 1. The molecule has 1 aromatic carbocycles. The van der Waals surface area contributed by atoms with Crippen molar-refractivity contribution in [3.05, 3.63) is 29.8 Å². The first kappa shape index (κ1) is 16.6. The number of alkyl halides is 2. The molecule has 1 aromatic rings. The van der Waals surface area contributed by atoms with Crippen LogP contribution in [0.15, 0.2) is 24.3 Å². The molecule has 0 spiro atoms. The Morgan fingerprint density at radius 2 is 2.11 bits per heavy atom. The maximum absolute atomic E-state index is 10.0. The number of anilines is 1. The van der Waals surface area contributed by atoms with Crippen molar-refractivity contribution >= 4 is 28.9 Å². The molecular formula is C14H22Cl2N2O. The lowest BCUT2D eigenvalue weighted by Gasteiger charge is -2.20. The van der Waals surface area contributed by atoms with E-state index in [4.69, 9.17) is 28.9 Å². The molecule has 0 saturated carbocycles. The van der Waals surface area contributed by atoms with Gasteiger partial charge in [-0.25, -0.2) is 0 Å². The van der Waals surface area contributed by atoms with Gasteiger partial charge >= 0.3 is 0 Å². The van der Waals surface area contributed by atoms with Crippen molar-refractivity contribution in [2.45, 2.75) is 43.2 Å². The summed E-state index contributed by atoms with van der Waals surface area (Å²) in [5.74, 6) is 0. The highest BCUT2D eigenvalue weighted by Gasteiger charge is 2.17. The van der Waals surface area contributed by atoms with E-state index < -0.39 is 6.10 Å². The van der Waals surface area contributed by atoms with Crippen molar-refractivity contribution in [3.63, 3.8) is 0 Å². The summed E-state index contributed by atoms with van der Waals surface area (Å²) in [4.78, 5) is 0. The van der Waals surface area contributed by atoms with E-state index in [1.807, 2.05) is 12.1 Å². The Morgan fingerprint density at radius 3 is 2.74 bits per heavy atom. The third kappa shape index (κ3) is 6.00. The van der Waals surface area contributed by atoms with Gasteiger partial charge in [-0.15, -0.1) is 23.2 Å². The number of rotatable bonds is 8. The molecule has 0 fully saturated rings. The quantitative estimate of drug-likeness (QED) is 0.392. The zero-order valence-corrected chi connectivity index (χ0v) is 12.7. The molecule has 0 aliphatic rings. The van der Waals surface area contributed by atoms with Crippen molar-refractivity contribution in [1.82, 2.24) is 5.32 Å². The van der Waals surface area contributed by atoms with E-state index in [0.29, 0.717) is 12.2 Å². The molecule has 0 aliphatic carbocycles. The van der Waals surface area contributed by atoms with Crippen LogP contribution in [0, 0.1) is 0 Å². The van der Waals surface area contributed by atoms with Crippen molar-refractivity contribution < 1.29 is 5.11 Å². The van der Waals surface area contributed by atoms with E-state index in [1.54, 1.807) is 12.1 Å². The predicted molar refractivity (Wildman–Crippen MR) is 82.6 cm³/mol. The standard InChI is InChI=1S/C14H22Cl2N2O/c1-2-3-7-12(15)14(16)18-9-13(19)10-5-4-6-11(17)8-10/h4-6,8,12-14,18-19H,2-3,7,9,17H2,1H3. The summed E-state index contributed by atoms with van der Waals surface area (Å²) in [5, 5.41) is 13.0. The molecule has 0 bridgehead atoms. The van der Waals surface area contributed by atoms with Crippen molar-refractivity contribution in [3.8, 4) is 0 Å². The van der Waals surface area contributed by atoms with Gasteiger partial charge in [0.1, 0.15) is 0 Å². The van der Waals surface area contributed by atoms with Gasteiger partial charge in [0.15, 0.2) is 0 Å². The lowest BCUT2D eigenvalue weighted by Crippen LogP contribution is -2.35. The van der Waals surface area contributed by atoms with Crippen LogP contribution in [0.5, 0.6) is 0 Å². The Balaban J connectivity index is 2.39. The van der Waals surface area contributed by atoms with Crippen LogP contribution in [-0.2, 0) is 0 Å². The van der Waals surface area contributed by atoms with E-state index in [2.05, 4.69) is 12.2 Å². The molecule has 3 unspecified atom stereocenters. The van der Waals surface area contributed by atoms with Crippen LogP contribution >= 0.6 is 23.2 Å². The number of aliphatic hydroxyl groups excluding tert-OH is 1. The Morgan fingerprint density at radius 1 is 1.37 bits per heavy atom. The molecule has 3 atom stereocenters. The van der Waals surface area contributed by atoms with E-state index in [-0.39, 0.29) is 10.9 Å². The fourth-order valence-corrected chi connectivity index (χ4v) is 2.24. The second-order valence-corrected chi connectivity index (χ2v) is 5.68. The molecule has 0 amide bonds. The Labute approximate surface area is 125 Å². The zero-order valence-electron chi connectivity index (χ0n) is 11.2. The first-order valence-corrected chi connectivity index (χ1v) is 7.47. The molecule has 19 heavy (non-hydrogen) atoms. The first-order chi connectivity index (χ1) is 9.04. The van der Waals surface area contributed by atoms with Gasteiger partial charge < -0.3 is 10.8 Å². The molecular weight excluding hydrogens is 283 g/mol. The number of benzene rings is 1. The number of unbranched alkanes of at least 4 members (excludes halogenated alkanes) is 1. The number of halogens is 2. The van der Waals surface area contributed by atoms with Crippen LogP contribution < -0.4 is 11.1 Å². The third-order valence-corrected chi connectivity index (χ3v) is 4.01. The van der Waals surface area contributed by atoms with Gasteiger partial charge in [-0.3, -0.25) is 5.32 Å². The molecule has 0 radical (unpaired) electrons.